The van der Waals surface area contributed by atoms with E-state index in [2.05, 4.69) is 11.6 Å². The van der Waals surface area contributed by atoms with Crippen molar-refractivity contribution < 1.29 is 22.7 Å². The van der Waals surface area contributed by atoms with Crippen molar-refractivity contribution in [3.63, 3.8) is 0 Å². The third kappa shape index (κ3) is 5.49. The number of carbonyl (C=O) groups is 1. The predicted octanol–water partition coefficient (Wildman–Crippen LogP) is 6.18. The zero-order valence-corrected chi connectivity index (χ0v) is 24.6. The fourth-order valence-corrected chi connectivity index (χ4v) is 6.43. The molecule has 43 heavy (non-hydrogen) atoms. The molecule has 3 aromatic carbocycles. The van der Waals surface area contributed by atoms with Crippen LogP contribution in [0.15, 0.2) is 60.9 Å². The number of ether oxygens (including phenoxy) is 1. The predicted molar refractivity (Wildman–Crippen MR) is 163 cm³/mol. The van der Waals surface area contributed by atoms with Crippen molar-refractivity contribution in [3.05, 3.63) is 71.8 Å². The Balaban J connectivity index is 1.44. The number of rotatable bonds is 6. The molecule has 2 aliphatic heterocycles. The van der Waals surface area contributed by atoms with Gasteiger partial charge in [0.1, 0.15) is 24.1 Å². The molecule has 0 aliphatic carbocycles. The van der Waals surface area contributed by atoms with Crippen molar-refractivity contribution in [2.45, 2.75) is 31.6 Å². The van der Waals surface area contributed by atoms with Gasteiger partial charge in [0, 0.05) is 59.6 Å². The summed E-state index contributed by atoms with van der Waals surface area (Å²) < 4.78 is 50.2. The number of likely N-dealkylation sites (tertiary alicyclic amines) is 1. The van der Waals surface area contributed by atoms with Crippen molar-refractivity contribution in [3.8, 4) is 17.1 Å². The number of likely N-dealkylation sites (N-methyl/N-ethyl adjacent to an activating group) is 1. The maximum Gasteiger partial charge on any atom is 0.319 e. The first kappa shape index (κ1) is 29.2. The van der Waals surface area contributed by atoms with Crippen LogP contribution in [0.1, 0.15) is 13.3 Å². The van der Waals surface area contributed by atoms with E-state index in [1.807, 2.05) is 54.1 Å². The van der Waals surface area contributed by atoms with E-state index in [1.165, 1.54) is 4.90 Å². The van der Waals surface area contributed by atoms with Crippen molar-refractivity contribution >= 4 is 45.0 Å². The molecule has 3 atom stereocenters. The van der Waals surface area contributed by atoms with Crippen LogP contribution in [0.4, 0.5) is 19.0 Å². The first-order valence-corrected chi connectivity index (χ1v) is 14.6. The molecule has 224 valence electrons. The molecule has 0 saturated carbocycles. The van der Waals surface area contributed by atoms with E-state index < -0.39 is 23.7 Å². The van der Waals surface area contributed by atoms with E-state index in [1.54, 1.807) is 18.2 Å². The standard InChI is InChI=1S/C32H31ClF3N5O2/c1-18-15-40(31(42)19(2)34)12-13-41(18)30-25-11-10-24(23-8-4-6-20-7-5-9-26(33)27(20)23)28(36)29(25)37-32(38-30)43-17-22-14-21(35)16-39(22)3/h4-11,18,21-22H,2,12-17H2,1,3H3/t18-,21+,22-/m0/s1. The zero-order chi connectivity index (χ0) is 30.4. The fraction of sp³-hybridized carbons (Fsp3) is 0.344. The summed E-state index contributed by atoms with van der Waals surface area (Å²) in [4.78, 5) is 26.7. The number of anilines is 1. The van der Waals surface area contributed by atoms with Gasteiger partial charge in [-0.25, -0.2) is 13.2 Å². The van der Waals surface area contributed by atoms with Gasteiger partial charge in [0.2, 0.25) is 0 Å². The van der Waals surface area contributed by atoms with Crippen LogP contribution in [-0.4, -0.2) is 83.8 Å². The van der Waals surface area contributed by atoms with E-state index in [0.717, 1.165) is 10.8 Å². The first-order valence-electron chi connectivity index (χ1n) is 14.2. The molecular formula is C32H31ClF3N5O2. The number of carbonyl (C=O) groups excluding carboxylic acids is 1. The van der Waals surface area contributed by atoms with E-state index in [-0.39, 0.29) is 43.3 Å². The van der Waals surface area contributed by atoms with Gasteiger partial charge in [-0.3, -0.25) is 9.69 Å². The molecule has 11 heteroatoms. The molecule has 0 radical (unpaired) electrons. The van der Waals surface area contributed by atoms with E-state index in [4.69, 9.17) is 21.3 Å². The van der Waals surface area contributed by atoms with Gasteiger partial charge in [-0.1, -0.05) is 54.6 Å². The molecule has 0 N–H and O–H groups in total. The minimum Gasteiger partial charge on any atom is -0.462 e. The first-order chi connectivity index (χ1) is 20.6. The highest BCUT2D eigenvalue weighted by molar-refractivity contribution is 6.36. The van der Waals surface area contributed by atoms with Crippen LogP contribution in [0.3, 0.4) is 0 Å². The summed E-state index contributed by atoms with van der Waals surface area (Å²) in [6.45, 7) is 6.24. The fourth-order valence-electron chi connectivity index (χ4n) is 6.14. The monoisotopic (exact) mass is 609 g/mol. The van der Waals surface area contributed by atoms with Crippen LogP contribution in [0, 0.1) is 5.82 Å². The SMILES string of the molecule is C=C(F)C(=O)N1CCN(c2nc(OC[C@@H]3C[C@@H](F)CN3C)nc3c(F)c(-c4cccc5cccc(Cl)c45)ccc23)[C@@H](C)C1. The van der Waals surface area contributed by atoms with E-state index >= 15 is 4.39 Å². The summed E-state index contributed by atoms with van der Waals surface area (Å²) in [5.74, 6) is -1.89. The molecule has 1 aromatic heterocycles. The number of aromatic nitrogens is 2. The van der Waals surface area contributed by atoms with Crippen LogP contribution >= 0.6 is 11.6 Å². The molecule has 4 aromatic rings. The number of halogens is 4. The summed E-state index contributed by atoms with van der Waals surface area (Å²) in [5, 5.41) is 2.57. The Kier molecular flexibility index (Phi) is 7.91. The minimum atomic E-state index is -1.01. The summed E-state index contributed by atoms with van der Waals surface area (Å²) in [6.07, 6.45) is -0.621. The Morgan fingerprint density at radius 3 is 2.56 bits per heavy atom. The highest BCUT2D eigenvalue weighted by Crippen LogP contribution is 2.39. The Hall–Kier alpha value is -3.89. The maximum absolute atomic E-state index is 16.6. The van der Waals surface area contributed by atoms with Crippen LogP contribution < -0.4 is 9.64 Å². The van der Waals surface area contributed by atoms with Gasteiger partial charge in [-0.05, 0) is 43.5 Å². The molecule has 0 unspecified atom stereocenters. The molecule has 6 rings (SSSR count). The van der Waals surface area contributed by atoms with Gasteiger partial charge >= 0.3 is 6.01 Å². The van der Waals surface area contributed by atoms with E-state index in [0.29, 0.717) is 46.9 Å². The summed E-state index contributed by atoms with van der Waals surface area (Å²) in [7, 11) is 1.83. The van der Waals surface area contributed by atoms with Gasteiger partial charge in [-0.2, -0.15) is 9.97 Å². The van der Waals surface area contributed by atoms with Gasteiger partial charge in [-0.15, -0.1) is 0 Å². The van der Waals surface area contributed by atoms with Crippen molar-refractivity contribution in [1.82, 2.24) is 19.8 Å². The van der Waals surface area contributed by atoms with Crippen molar-refractivity contribution in [2.24, 2.45) is 0 Å². The summed E-state index contributed by atoms with van der Waals surface area (Å²) in [6, 6.07) is 14.1. The number of piperazine rings is 1. The van der Waals surface area contributed by atoms with Crippen molar-refractivity contribution in [1.29, 1.82) is 0 Å². The van der Waals surface area contributed by atoms with Crippen molar-refractivity contribution in [2.75, 3.05) is 44.7 Å². The Morgan fingerprint density at radius 2 is 1.86 bits per heavy atom. The Labute approximate surface area is 252 Å². The Bertz CT molecular complexity index is 1730. The molecule has 0 bridgehead atoms. The number of benzene rings is 3. The van der Waals surface area contributed by atoms with Crippen LogP contribution in [0.2, 0.25) is 5.02 Å². The third-order valence-corrected chi connectivity index (χ3v) is 8.69. The summed E-state index contributed by atoms with van der Waals surface area (Å²) >= 11 is 6.57. The van der Waals surface area contributed by atoms with Gasteiger partial charge < -0.3 is 14.5 Å². The average Bonchev–Trinajstić information content (AvgIpc) is 3.31. The lowest BCUT2D eigenvalue weighted by Gasteiger charge is -2.40. The number of fused-ring (bicyclic) bond motifs is 2. The third-order valence-electron chi connectivity index (χ3n) is 8.37. The number of hydrogen-bond donors (Lipinski definition) is 0. The lowest BCUT2D eigenvalue weighted by Crippen LogP contribution is -2.54. The summed E-state index contributed by atoms with van der Waals surface area (Å²) in [5.41, 5.74) is 1.01. The van der Waals surface area contributed by atoms with E-state index in [9.17, 15) is 13.6 Å². The molecule has 0 spiro atoms. The largest absolute Gasteiger partial charge is 0.462 e. The second-order valence-corrected chi connectivity index (χ2v) is 11.6. The van der Waals surface area contributed by atoms with Gasteiger partial charge in [0.05, 0.1) is 0 Å². The number of nitrogens with zero attached hydrogens (tertiary/aromatic N) is 5. The minimum absolute atomic E-state index is 0.0342. The topological polar surface area (TPSA) is 61.8 Å². The van der Waals surface area contributed by atoms with Gasteiger partial charge in [0.15, 0.2) is 11.6 Å². The number of alkyl halides is 1. The zero-order valence-electron chi connectivity index (χ0n) is 23.9. The molecule has 2 saturated heterocycles. The molecule has 3 heterocycles. The van der Waals surface area contributed by atoms with Gasteiger partial charge in [0.25, 0.3) is 5.91 Å². The maximum atomic E-state index is 16.6. The molecular weight excluding hydrogens is 579 g/mol. The van der Waals surface area contributed by atoms with Crippen LogP contribution in [0.25, 0.3) is 32.8 Å². The van der Waals surface area contributed by atoms with Crippen LogP contribution in [0.5, 0.6) is 6.01 Å². The Morgan fingerprint density at radius 1 is 1.09 bits per heavy atom. The lowest BCUT2D eigenvalue weighted by molar-refractivity contribution is -0.129. The lowest BCUT2D eigenvalue weighted by atomic mass is 9.96. The highest BCUT2D eigenvalue weighted by atomic mass is 35.5. The second-order valence-electron chi connectivity index (χ2n) is 11.2. The molecule has 7 nitrogen and oxygen atoms in total. The smallest absolute Gasteiger partial charge is 0.319 e. The number of hydrogen-bond acceptors (Lipinski definition) is 6. The molecule has 2 fully saturated rings. The highest BCUT2D eigenvalue weighted by Gasteiger charge is 2.32. The molecule has 1 amide bonds. The second kappa shape index (κ2) is 11.7. The number of amides is 1. The van der Waals surface area contributed by atoms with Crippen LogP contribution in [-0.2, 0) is 4.79 Å². The average molecular weight is 610 g/mol. The quantitative estimate of drug-likeness (QED) is 0.243. The normalized spacial score (nSPS) is 21.1. The molecule has 2 aliphatic rings.